The number of aryl methyl sites for hydroxylation is 1. The van der Waals surface area contributed by atoms with E-state index in [1.54, 1.807) is 12.1 Å². The van der Waals surface area contributed by atoms with Gasteiger partial charge in [0.05, 0.1) is 10.6 Å². The lowest BCUT2D eigenvalue weighted by Gasteiger charge is -2.28. The Hall–Kier alpha value is -1.75. The maximum Gasteiger partial charge on any atom is 0.253 e. The molecule has 1 aromatic carbocycles. The van der Waals surface area contributed by atoms with Gasteiger partial charge in [0.2, 0.25) is 0 Å². The lowest BCUT2D eigenvalue weighted by molar-refractivity contribution is 0.0923. The summed E-state index contributed by atoms with van der Waals surface area (Å²) in [4.78, 5) is 12.4. The molecule has 0 unspecified atom stereocenters. The minimum absolute atomic E-state index is 0.0478. The molecule has 0 atom stereocenters. The molecule has 0 heterocycles. The third kappa shape index (κ3) is 2.72. The zero-order valence-electron chi connectivity index (χ0n) is 11.3. The Kier molecular flexibility index (Phi) is 4.18. The highest BCUT2D eigenvalue weighted by Crippen LogP contribution is 2.30. The number of nitrogens with zero attached hydrogens (tertiary/aromatic N) is 1. The second-order valence-corrected chi connectivity index (χ2v) is 5.62. The fourth-order valence-electron chi connectivity index (χ4n) is 2.61. The molecule has 0 radical (unpaired) electrons. The first-order valence-corrected chi connectivity index (χ1v) is 6.93. The fraction of sp³-hybridized carbons (Fsp3) is 0.429. The first-order chi connectivity index (χ1) is 9.48. The van der Waals surface area contributed by atoms with Crippen molar-refractivity contribution < 1.29 is 10.0 Å². The van der Waals surface area contributed by atoms with Gasteiger partial charge in [0.25, 0.3) is 5.91 Å². The van der Waals surface area contributed by atoms with Crippen LogP contribution in [0.2, 0.25) is 5.02 Å². The van der Waals surface area contributed by atoms with E-state index in [1.807, 2.05) is 13.0 Å². The zero-order valence-corrected chi connectivity index (χ0v) is 12.1. The molecule has 1 amide bonds. The van der Waals surface area contributed by atoms with Crippen molar-refractivity contribution in [2.75, 3.05) is 0 Å². The molecule has 108 valence electrons. The number of hydrogen-bond acceptors (Lipinski definition) is 3. The molecule has 1 aliphatic carbocycles. The molecule has 6 heteroatoms. The van der Waals surface area contributed by atoms with Crippen LogP contribution in [-0.4, -0.2) is 22.5 Å². The van der Waals surface area contributed by atoms with Gasteiger partial charge in [-0.1, -0.05) is 35.7 Å². The Balaban J connectivity index is 2.25. The smallest absolute Gasteiger partial charge is 0.253 e. The summed E-state index contributed by atoms with van der Waals surface area (Å²) in [5.74, 6) is -0.255. The molecule has 0 bridgehead atoms. The van der Waals surface area contributed by atoms with Gasteiger partial charge in [0.15, 0.2) is 5.84 Å². The van der Waals surface area contributed by atoms with Gasteiger partial charge in [-0.3, -0.25) is 4.79 Å². The Labute approximate surface area is 122 Å². The van der Waals surface area contributed by atoms with Crippen molar-refractivity contribution in [1.82, 2.24) is 5.32 Å². The number of halogens is 1. The molecule has 20 heavy (non-hydrogen) atoms. The summed E-state index contributed by atoms with van der Waals surface area (Å²) in [6.45, 7) is 1.91. The van der Waals surface area contributed by atoms with E-state index in [-0.39, 0.29) is 11.7 Å². The summed E-state index contributed by atoms with van der Waals surface area (Å²) in [6.07, 6.45) is 3.19. The Bertz CT molecular complexity index is 551. The lowest BCUT2D eigenvalue weighted by atomic mass is 9.95. The number of nitrogens with two attached hydrogens (primary N) is 1. The first-order valence-electron chi connectivity index (χ1n) is 6.55. The van der Waals surface area contributed by atoms with Gasteiger partial charge >= 0.3 is 0 Å². The molecule has 0 spiro atoms. The van der Waals surface area contributed by atoms with Crippen LogP contribution >= 0.6 is 11.6 Å². The van der Waals surface area contributed by atoms with Crippen molar-refractivity contribution >= 4 is 23.3 Å². The average molecular weight is 296 g/mol. The summed E-state index contributed by atoms with van der Waals surface area (Å²) in [7, 11) is 0. The predicted octanol–water partition coefficient (Wildman–Crippen LogP) is 2.44. The van der Waals surface area contributed by atoms with Gasteiger partial charge in [-0.15, -0.1) is 0 Å². The van der Waals surface area contributed by atoms with Crippen LogP contribution in [0.3, 0.4) is 0 Å². The molecule has 1 aliphatic rings. The largest absolute Gasteiger partial charge is 0.409 e. The standard InChI is InChI=1S/C14H18ClN3O2/c1-9-4-5-10(11(15)8-9)12(19)17-14(13(16)18-20)6-2-3-7-14/h4-5,8,20H,2-3,6-7H2,1H3,(H2,16,18)(H,17,19). The fourth-order valence-corrected chi connectivity index (χ4v) is 2.93. The third-order valence-electron chi connectivity index (χ3n) is 3.78. The second kappa shape index (κ2) is 5.71. The first kappa shape index (κ1) is 14.7. The number of amidine groups is 1. The molecule has 5 nitrogen and oxygen atoms in total. The van der Waals surface area contributed by atoms with Crippen molar-refractivity contribution in [3.63, 3.8) is 0 Å². The van der Waals surface area contributed by atoms with Gasteiger partial charge in [0, 0.05) is 0 Å². The average Bonchev–Trinajstić information content (AvgIpc) is 2.87. The van der Waals surface area contributed by atoms with Gasteiger partial charge in [-0.25, -0.2) is 0 Å². The molecular formula is C14H18ClN3O2. The quantitative estimate of drug-likeness (QED) is 0.346. The number of hydrogen-bond donors (Lipinski definition) is 3. The van der Waals surface area contributed by atoms with Crippen molar-refractivity contribution in [3.8, 4) is 0 Å². The minimum atomic E-state index is -0.764. The van der Waals surface area contributed by atoms with Crippen molar-refractivity contribution in [2.45, 2.75) is 38.1 Å². The molecule has 1 saturated carbocycles. The summed E-state index contributed by atoms with van der Waals surface area (Å²) in [6, 6.07) is 5.24. The molecule has 1 fully saturated rings. The van der Waals surface area contributed by atoms with Crippen LogP contribution in [-0.2, 0) is 0 Å². The Morgan fingerprint density at radius 1 is 1.45 bits per heavy atom. The van der Waals surface area contributed by atoms with E-state index < -0.39 is 5.54 Å². The highest BCUT2D eigenvalue weighted by atomic mass is 35.5. The van der Waals surface area contributed by atoms with E-state index in [2.05, 4.69) is 10.5 Å². The van der Waals surface area contributed by atoms with Crippen LogP contribution < -0.4 is 11.1 Å². The summed E-state index contributed by atoms with van der Waals surface area (Å²) >= 11 is 6.10. The number of carbonyl (C=O) groups excluding carboxylic acids is 1. The van der Waals surface area contributed by atoms with Gasteiger partial charge in [-0.05, 0) is 37.5 Å². The molecule has 1 aromatic rings. The number of carbonyl (C=O) groups is 1. The Morgan fingerprint density at radius 2 is 2.10 bits per heavy atom. The van der Waals surface area contributed by atoms with E-state index in [0.717, 1.165) is 18.4 Å². The number of amides is 1. The van der Waals surface area contributed by atoms with E-state index >= 15 is 0 Å². The third-order valence-corrected chi connectivity index (χ3v) is 4.09. The van der Waals surface area contributed by atoms with E-state index in [4.69, 9.17) is 22.5 Å². The van der Waals surface area contributed by atoms with Crippen molar-refractivity contribution in [3.05, 3.63) is 34.3 Å². The second-order valence-electron chi connectivity index (χ2n) is 5.21. The molecule has 2 rings (SSSR count). The normalized spacial score (nSPS) is 18.0. The maximum absolute atomic E-state index is 12.4. The monoisotopic (exact) mass is 295 g/mol. The topological polar surface area (TPSA) is 87.7 Å². The maximum atomic E-state index is 12.4. The van der Waals surface area contributed by atoms with Crippen LogP contribution in [0.15, 0.2) is 23.4 Å². The zero-order chi connectivity index (χ0) is 14.8. The van der Waals surface area contributed by atoms with Crippen LogP contribution in [0.4, 0.5) is 0 Å². The van der Waals surface area contributed by atoms with Crippen LogP contribution in [0.25, 0.3) is 0 Å². The summed E-state index contributed by atoms with van der Waals surface area (Å²) in [5.41, 5.74) is 6.37. The van der Waals surface area contributed by atoms with E-state index in [1.165, 1.54) is 0 Å². The number of benzene rings is 1. The van der Waals surface area contributed by atoms with E-state index in [9.17, 15) is 4.79 Å². The Morgan fingerprint density at radius 3 is 2.65 bits per heavy atom. The number of rotatable bonds is 3. The number of oxime groups is 1. The molecule has 0 saturated heterocycles. The highest BCUT2D eigenvalue weighted by Gasteiger charge is 2.40. The van der Waals surface area contributed by atoms with Crippen LogP contribution in [0.1, 0.15) is 41.6 Å². The van der Waals surface area contributed by atoms with Gasteiger partial charge < -0.3 is 16.3 Å². The predicted molar refractivity (Wildman–Crippen MR) is 78.3 cm³/mol. The summed E-state index contributed by atoms with van der Waals surface area (Å²) < 4.78 is 0. The SMILES string of the molecule is Cc1ccc(C(=O)NC2(/C(N)=N/O)CCCC2)c(Cl)c1. The summed E-state index contributed by atoms with van der Waals surface area (Å²) in [5, 5.41) is 15.3. The minimum Gasteiger partial charge on any atom is -0.409 e. The number of nitrogens with one attached hydrogen (secondary N) is 1. The van der Waals surface area contributed by atoms with Crippen LogP contribution in [0.5, 0.6) is 0 Å². The van der Waals surface area contributed by atoms with Gasteiger partial charge in [-0.2, -0.15) is 0 Å². The molecular weight excluding hydrogens is 278 g/mol. The highest BCUT2D eigenvalue weighted by molar-refractivity contribution is 6.34. The lowest BCUT2D eigenvalue weighted by Crippen LogP contribution is -2.55. The van der Waals surface area contributed by atoms with Crippen molar-refractivity contribution in [1.29, 1.82) is 0 Å². The van der Waals surface area contributed by atoms with Gasteiger partial charge in [0.1, 0.15) is 5.54 Å². The van der Waals surface area contributed by atoms with E-state index in [0.29, 0.717) is 23.4 Å². The van der Waals surface area contributed by atoms with Crippen molar-refractivity contribution in [2.24, 2.45) is 10.9 Å². The molecule has 4 N–H and O–H groups in total. The molecule has 0 aromatic heterocycles. The molecule has 0 aliphatic heterocycles. The van der Waals surface area contributed by atoms with Crippen LogP contribution in [0, 0.1) is 6.92 Å².